The lowest BCUT2D eigenvalue weighted by atomic mass is 10.2. The number of carbonyl (C=O) groups is 1. The Bertz CT molecular complexity index is 593. The van der Waals surface area contributed by atoms with Crippen LogP contribution in [0.2, 0.25) is 0 Å². The van der Waals surface area contributed by atoms with Crippen LogP contribution in [-0.4, -0.2) is 25.0 Å². The fourth-order valence-corrected chi connectivity index (χ4v) is 1.77. The van der Waals surface area contributed by atoms with Crippen LogP contribution in [-0.2, 0) is 11.2 Å². The highest BCUT2D eigenvalue weighted by atomic mass is 16.1. The first kappa shape index (κ1) is 13.9. The summed E-state index contributed by atoms with van der Waals surface area (Å²) < 4.78 is 0. The number of nitrogen functional groups attached to an aromatic ring is 1. The molecule has 0 saturated heterocycles. The van der Waals surface area contributed by atoms with Crippen molar-refractivity contribution in [3.05, 3.63) is 48.3 Å². The number of nitrogens with one attached hydrogen (secondary N) is 1. The number of amides is 1. The first-order valence-corrected chi connectivity index (χ1v) is 6.32. The molecule has 0 bridgehead atoms. The molecular formula is C15H18N4O. The van der Waals surface area contributed by atoms with Crippen LogP contribution in [0.1, 0.15) is 5.69 Å². The fraction of sp³-hybridized carbons (Fsp3) is 0.200. The Hall–Kier alpha value is -2.56. The Morgan fingerprint density at radius 2 is 2.10 bits per heavy atom. The summed E-state index contributed by atoms with van der Waals surface area (Å²) >= 11 is 0. The Kier molecular flexibility index (Phi) is 4.20. The van der Waals surface area contributed by atoms with E-state index in [-0.39, 0.29) is 12.3 Å². The van der Waals surface area contributed by atoms with E-state index in [0.29, 0.717) is 11.4 Å². The van der Waals surface area contributed by atoms with Crippen molar-refractivity contribution >= 4 is 23.0 Å². The van der Waals surface area contributed by atoms with Crippen molar-refractivity contribution in [1.29, 1.82) is 0 Å². The molecule has 1 aromatic carbocycles. The zero-order valence-corrected chi connectivity index (χ0v) is 11.6. The molecule has 104 valence electrons. The summed E-state index contributed by atoms with van der Waals surface area (Å²) in [7, 11) is 3.92. The highest BCUT2D eigenvalue weighted by Crippen LogP contribution is 2.17. The zero-order chi connectivity index (χ0) is 14.5. The van der Waals surface area contributed by atoms with Crippen LogP contribution >= 0.6 is 0 Å². The van der Waals surface area contributed by atoms with Gasteiger partial charge in [-0.15, -0.1) is 0 Å². The average Bonchev–Trinajstić information content (AvgIpc) is 2.41. The van der Waals surface area contributed by atoms with Crippen molar-refractivity contribution in [2.45, 2.75) is 6.42 Å². The van der Waals surface area contributed by atoms with Gasteiger partial charge in [-0.25, -0.2) is 0 Å². The summed E-state index contributed by atoms with van der Waals surface area (Å²) in [5, 5.41) is 2.86. The first-order chi connectivity index (χ1) is 9.54. The van der Waals surface area contributed by atoms with E-state index >= 15 is 0 Å². The second kappa shape index (κ2) is 6.06. The molecule has 20 heavy (non-hydrogen) atoms. The minimum Gasteiger partial charge on any atom is -0.397 e. The molecule has 5 heteroatoms. The van der Waals surface area contributed by atoms with Gasteiger partial charge in [0.2, 0.25) is 5.91 Å². The maximum absolute atomic E-state index is 12.0. The van der Waals surface area contributed by atoms with Crippen molar-refractivity contribution in [3.8, 4) is 0 Å². The van der Waals surface area contributed by atoms with Crippen molar-refractivity contribution in [3.63, 3.8) is 0 Å². The molecule has 5 nitrogen and oxygen atoms in total. The summed E-state index contributed by atoms with van der Waals surface area (Å²) in [5.74, 6) is -0.0989. The van der Waals surface area contributed by atoms with E-state index in [0.717, 1.165) is 11.4 Å². The predicted octanol–water partition coefficient (Wildman–Crippen LogP) is 1.91. The highest BCUT2D eigenvalue weighted by molar-refractivity contribution is 5.92. The third kappa shape index (κ3) is 3.71. The average molecular weight is 270 g/mol. The number of carbonyl (C=O) groups excluding carboxylic acids is 1. The van der Waals surface area contributed by atoms with Crippen LogP contribution < -0.4 is 16.0 Å². The number of benzene rings is 1. The number of pyridine rings is 1. The van der Waals surface area contributed by atoms with Gasteiger partial charge in [-0.1, -0.05) is 6.07 Å². The molecule has 0 fully saturated rings. The normalized spacial score (nSPS) is 10.1. The minimum absolute atomic E-state index is 0.0989. The second-order valence-corrected chi connectivity index (χ2v) is 4.75. The third-order valence-electron chi connectivity index (χ3n) is 2.84. The molecule has 0 aliphatic rings. The SMILES string of the molecule is CN(C)c1cccc(NC(=O)Cc2ccc(N)cn2)c1. The standard InChI is InChI=1S/C15H18N4O/c1-19(2)14-5-3-4-13(8-14)18-15(20)9-12-7-6-11(16)10-17-12/h3-8,10H,9,16H2,1-2H3,(H,18,20). The molecular weight excluding hydrogens is 252 g/mol. The quantitative estimate of drug-likeness (QED) is 0.890. The van der Waals surface area contributed by atoms with E-state index in [9.17, 15) is 4.79 Å². The van der Waals surface area contributed by atoms with Crippen LogP contribution in [0.25, 0.3) is 0 Å². The lowest BCUT2D eigenvalue weighted by Crippen LogP contribution is -2.16. The molecule has 0 spiro atoms. The number of nitrogens with two attached hydrogens (primary N) is 1. The van der Waals surface area contributed by atoms with E-state index < -0.39 is 0 Å². The van der Waals surface area contributed by atoms with Crippen LogP contribution in [0, 0.1) is 0 Å². The van der Waals surface area contributed by atoms with E-state index in [1.54, 1.807) is 18.3 Å². The third-order valence-corrected chi connectivity index (χ3v) is 2.84. The van der Waals surface area contributed by atoms with Gasteiger partial charge in [0, 0.05) is 31.2 Å². The van der Waals surface area contributed by atoms with Crippen LogP contribution in [0.3, 0.4) is 0 Å². The van der Waals surface area contributed by atoms with Crippen molar-refractivity contribution < 1.29 is 4.79 Å². The molecule has 0 unspecified atom stereocenters. The number of rotatable bonds is 4. The van der Waals surface area contributed by atoms with E-state index in [4.69, 9.17) is 5.73 Å². The number of aromatic nitrogens is 1. The zero-order valence-electron chi connectivity index (χ0n) is 11.6. The Balaban J connectivity index is 2.01. The van der Waals surface area contributed by atoms with Gasteiger partial charge in [-0.3, -0.25) is 9.78 Å². The molecule has 2 rings (SSSR count). The number of nitrogens with zero attached hydrogens (tertiary/aromatic N) is 2. The van der Waals surface area contributed by atoms with Gasteiger partial charge in [-0.05, 0) is 30.3 Å². The van der Waals surface area contributed by atoms with Gasteiger partial charge in [-0.2, -0.15) is 0 Å². The Morgan fingerprint density at radius 1 is 1.30 bits per heavy atom. The number of anilines is 3. The maximum atomic E-state index is 12.0. The monoisotopic (exact) mass is 270 g/mol. The molecule has 1 heterocycles. The van der Waals surface area contributed by atoms with Gasteiger partial charge in [0.1, 0.15) is 0 Å². The Labute approximate surface area is 118 Å². The van der Waals surface area contributed by atoms with Crippen molar-refractivity contribution in [1.82, 2.24) is 4.98 Å². The summed E-state index contributed by atoms with van der Waals surface area (Å²) in [6, 6.07) is 11.2. The van der Waals surface area contributed by atoms with Gasteiger partial charge >= 0.3 is 0 Å². The molecule has 0 aliphatic heterocycles. The molecule has 0 atom stereocenters. The smallest absolute Gasteiger partial charge is 0.230 e. The summed E-state index contributed by atoms with van der Waals surface area (Å²) in [5.41, 5.74) is 8.65. The largest absolute Gasteiger partial charge is 0.397 e. The topological polar surface area (TPSA) is 71.2 Å². The lowest BCUT2D eigenvalue weighted by Gasteiger charge is -2.14. The molecule has 3 N–H and O–H groups in total. The lowest BCUT2D eigenvalue weighted by molar-refractivity contribution is -0.115. The number of hydrogen-bond donors (Lipinski definition) is 2. The molecule has 0 aliphatic carbocycles. The maximum Gasteiger partial charge on any atom is 0.230 e. The summed E-state index contributed by atoms with van der Waals surface area (Å²) in [6.07, 6.45) is 1.78. The molecule has 2 aromatic rings. The number of hydrogen-bond acceptors (Lipinski definition) is 4. The van der Waals surface area contributed by atoms with Gasteiger partial charge in [0.25, 0.3) is 0 Å². The van der Waals surface area contributed by atoms with E-state index in [1.807, 2.05) is 43.3 Å². The molecule has 0 radical (unpaired) electrons. The second-order valence-electron chi connectivity index (χ2n) is 4.75. The van der Waals surface area contributed by atoms with Crippen LogP contribution in [0.5, 0.6) is 0 Å². The minimum atomic E-state index is -0.0989. The molecule has 1 amide bonds. The fourth-order valence-electron chi connectivity index (χ4n) is 1.77. The molecule has 0 saturated carbocycles. The van der Waals surface area contributed by atoms with Crippen LogP contribution in [0.4, 0.5) is 17.1 Å². The highest BCUT2D eigenvalue weighted by Gasteiger charge is 2.06. The van der Waals surface area contributed by atoms with Crippen molar-refractivity contribution in [2.75, 3.05) is 30.0 Å². The van der Waals surface area contributed by atoms with E-state index in [1.165, 1.54) is 0 Å². The van der Waals surface area contributed by atoms with E-state index in [2.05, 4.69) is 10.3 Å². The Morgan fingerprint density at radius 3 is 2.75 bits per heavy atom. The van der Waals surface area contributed by atoms with Crippen molar-refractivity contribution in [2.24, 2.45) is 0 Å². The predicted molar refractivity (Wildman–Crippen MR) is 81.8 cm³/mol. The molecule has 1 aromatic heterocycles. The van der Waals surface area contributed by atoms with Gasteiger partial charge in [0.05, 0.1) is 18.3 Å². The summed E-state index contributed by atoms with van der Waals surface area (Å²) in [4.78, 5) is 18.0. The first-order valence-electron chi connectivity index (χ1n) is 6.32. The van der Waals surface area contributed by atoms with Crippen LogP contribution in [0.15, 0.2) is 42.6 Å². The van der Waals surface area contributed by atoms with Gasteiger partial charge in [0.15, 0.2) is 0 Å². The van der Waals surface area contributed by atoms with Gasteiger partial charge < -0.3 is 16.0 Å². The summed E-state index contributed by atoms with van der Waals surface area (Å²) in [6.45, 7) is 0.